The van der Waals surface area contributed by atoms with E-state index in [9.17, 15) is 0 Å². The monoisotopic (exact) mass is 265 g/mol. The van der Waals surface area contributed by atoms with Gasteiger partial charge in [-0.25, -0.2) is 0 Å². The van der Waals surface area contributed by atoms with Crippen molar-refractivity contribution in [1.82, 2.24) is 0 Å². The molecule has 19 heavy (non-hydrogen) atoms. The summed E-state index contributed by atoms with van der Waals surface area (Å²) in [5.41, 5.74) is 6.78. The Labute approximate surface area is 112 Å². The minimum Gasteiger partial charge on any atom is -0.454 e. The predicted octanol–water partition coefficient (Wildman–Crippen LogP) is 1.44. The largest absolute Gasteiger partial charge is 0.454 e. The van der Waals surface area contributed by atoms with E-state index in [4.69, 9.17) is 24.7 Å². The van der Waals surface area contributed by atoms with Crippen molar-refractivity contribution >= 4 is 0 Å². The van der Waals surface area contributed by atoms with E-state index < -0.39 is 5.79 Å². The topological polar surface area (TPSA) is 62.9 Å². The van der Waals surface area contributed by atoms with Crippen molar-refractivity contribution < 1.29 is 18.9 Å². The van der Waals surface area contributed by atoms with Crippen LogP contribution in [-0.4, -0.2) is 31.8 Å². The molecule has 0 saturated carbocycles. The minimum absolute atomic E-state index is 0.0155. The van der Waals surface area contributed by atoms with Crippen LogP contribution in [0.25, 0.3) is 0 Å². The van der Waals surface area contributed by atoms with Crippen molar-refractivity contribution in [2.45, 2.75) is 31.7 Å². The fraction of sp³-hybridized carbons (Fsp3) is 0.571. The van der Waals surface area contributed by atoms with Gasteiger partial charge in [0.1, 0.15) is 0 Å². The molecule has 0 amide bonds. The highest BCUT2D eigenvalue weighted by Crippen LogP contribution is 2.34. The smallest absolute Gasteiger partial charge is 0.231 e. The van der Waals surface area contributed by atoms with E-state index in [1.807, 2.05) is 25.1 Å². The van der Waals surface area contributed by atoms with Gasteiger partial charge in [0.25, 0.3) is 0 Å². The Balaban J connectivity index is 1.60. The van der Waals surface area contributed by atoms with Gasteiger partial charge in [-0.15, -0.1) is 0 Å². The van der Waals surface area contributed by atoms with Gasteiger partial charge in [-0.3, -0.25) is 0 Å². The van der Waals surface area contributed by atoms with Gasteiger partial charge in [0.05, 0.1) is 12.7 Å². The van der Waals surface area contributed by atoms with Crippen molar-refractivity contribution in [3.8, 4) is 11.5 Å². The van der Waals surface area contributed by atoms with Gasteiger partial charge in [-0.2, -0.15) is 0 Å². The van der Waals surface area contributed by atoms with Crippen molar-refractivity contribution in [2.24, 2.45) is 5.73 Å². The minimum atomic E-state index is -0.527. The number of fused-ring (bicyclic) bond motifs is 1. The van der Waals surface area contributed by atoms with Gasteiger partial charge in [0.2, 0.25) is 6.79 Å². The van der Waals surface area contributed by atoms with E-state index in [1.165, 1.54) is 5.56 Å². The summed E-state index contributed by atoms with van der Waals surface area (Å²) >= 11 is 0. The summed E-state index contributed by atoms with van der Waals surface area (Å²) in [6, 6.07) is 6.01. The van der Waals surface area contributed by atoms with Crippen LogP contribution in [0.15, 0.2) is 18.2 Å². The molecule has 0 aliphatic carbocycles. The van der Waals surface area contributed by atoms with Gasteiger partial charge in [-0.1, -0.05) is 6.07 Å². The van der Waals surface area contributed by atoms with Crippen LogP contribution in [0.4, 0.5) is 0 Å². The highest BCUT2D eigenvalue weighted by atomic mass is 16.7. The van der Waals surface area contributed by atoms with Crippen LogP contribution < -0.4 is 15.2 Å². The SMILES string of the molecule is CC1(CCc2ccc3c(c2)OCO3)OCC(CN)O1. The number of ether oxygens (including phenoxy) is 4. The average molecular weight is 265 g/mol. The molecule has 0 radical (unpaired) electrons. The highest BCUT2D eigenvalue weighted by molar-refractivity contribution is 5.44. The molecule has 2 atom stereocenters. The highest BCUT2D eigenvalue weighted by Gasteiger charge is 2.36. The van der Waals surface area contributed by atoms with Gasteiger partial charge in [0.15, 0.2) is 17.3 Å². The van der Waals surface area contributed by atoms with Crippen LogP contribution >= 0.6 is 0 Å². The van der Waals surface area contributed by atoms with Crippen LogP contribution in [0.2, 0.25) is 0 Å². The molecular weight excluding hydrogens is 246 g/mol. The number of hydrogen-bond acceptors (Lipinski definition) is 5. The number of aryl methyl sites for hydroxylation is 1. The molecule has 0 aromatic heterocycles. The second-order valence-electron chi connectivity index (χ2n) is 5.11. The average Bonchev–Trinajstić information content (AvgIpc) is 3.02. The molecule has 2 N–H and O–H groups in total. The lowest BCUT2D eigenvalue weighted by Gasteiger charge is -2.23. The van der Waals surface area contributed by atoms with E-state index in [0.717, 1.165) is 24.3 Å². The van der Waals surface area contributed by atoms with Gasteiger partial charge in [0, 0.05) is 13.0 Å². The van der Waals surface area contributed by atoms with E-state index in [0.29, 0.717) is 19.9 Å². The van der Waals surface area contributed by atoms with Gasteiger partial charge in [-0.05, 0) is 31.0 Å². The maximum absolute atomic E-state index is 5.81. The Kier molecular flexibility index (Phi) is 3.35. The van der Waals surface area contributed by atoms with Crippen LogP contribution in [0.5, 0.6) is 11.5 Å². The molecule has 1 fully saturated rings. The van der Waals surface area contributed by atoms with Crippen molar-refractivity contribution in [2.75, 3.05) is 19.9 Å². The van der Waals surface area contributed by atoms with Gasteiger partial charge < -0.3 is 24.7 Å². The van der Waals surface area contributed by atoms with E-state index in [2.05, 4.69) is 0 Å². The van der Waals surface area contributed by atoms with Gasteiger partial charge >= 0.3 is 0 Å². The van der Waals surface area contributed by atoms with E-state index in [-0.39, 0.29) is 6.10 Å². The number of benzene rings is 1. The number of rotatable bonds is 4. The maximum atomic E-state index is 5.81. The molecule has 5 nitrogen and oxygen atoms in total. The number of hydrogen-bond donors (Lipinski definition) is 1. The zero-order valence-corrected chi connectivity index (χ0v) is 11.1. The molecule has 0 spiro atoms. The fourth-order valence-corrected chi connectivity index (χ4v) is 2.40. The summed E-state index contributed by atoms with van der Waals surface area (Å²) in [5, 5.41) is 0. The molecular formula is C14H19NO4. The normalized spacial score (nSPS) is 28.8. The second-order valence-corrected chi connectivity index (χ2v) is 5.11. The third-order valence-electron chi connectivity index (χ3n) is 3.56. The standard InChI is InChI=1S/C14H19NO4/c1-14(18-8-11(7-15)19-14)5-4-10-2-3-12-13(6-10)17-9-16-12/h2-3,6,11H,4-5,7-9,15H2,1H3. The summed E-state index contributed by atoms with van der Waals surface area (Å²) in [7, 11) is 0. The molecule has 2 aliphatic heterocycles. The molecule has 1 saturated heterocycles. The summed E-state index contributed by atoms with van der Waals surface area (Å²) in [6.45, 7) is 3.35. The predicted molar refractivity (Wildman–Crippen MR) is 69.2 cm³/mol. The molecule has 3 rings (SSSR count). The molecule has 1 aromatic rings. The van der Waals surface area contributed by atoms with Crippen molar-refractivity contribution in [3.63, 3.8) is 0 Å². The lowest BCUT2D eigenvalue weighted by atomic mass is 10.0. The third kappa shape index (κ3) is 2.68. The molecule has 2 heterocycles. The summed E-state index contributed by atoms with van der Waals surface area (Å²) in [6.07, 6.45) is 1.68. The van der Waals surface area contributed by atoms with E-state index >= 15 is 0 Å². The molecule has 104 valence electrons. The molecule has 2 aliphatic rings. The molecule has 5 heteroatoms. The zero-order valence-electron chi connectivity index (χ0n) is 11.1. The quantitative estimate of drug-likeness (QED) is 0.892. The Hall–Kier alpha value is -1.30. The first-order valence-electron chi connectivity index (χ1n) is 6.59. The molecule has 2 unspecified atom stereocenters. The Bertz CT molecular complexity index is 465. The van der Waals surface area contributed by atoms with Crippen LogP contribution in [0.3, 0.4) is 0 Å². The lowest BCUT2D eigenvalue weighted by molar-refractivity contribution is -0.156. The van der Waals surface area contributed by atoms with Crippen LogP contribution in [0, 0.1) is 0 Å². The second kappa shape index (κ2) is 5.00. The Morgan fingerprint density at radius 3 is 2.95 bits per heavy atom. The van der Waals surface area contributed by atoms with Crippen molar-refractivity contribution in [1.29, 1.82) is 0 Å². The number of nitrogens with two attached hydrogens (primary N) is 1. The lowest BCUT2D eigenvalue weighted by Crippen LogP contribution is -2.29. The Morgan fingerprint density at radius 2 is 2.16 bits per heavy atom. The summed E-state index contributed by atoms with van der Waals surface area (Å²) < 4.78 is 22.2. The zero-order chi connectivity index (χ0) is 13.3. The maximum Gasteiger partial charge on any atom is 0.231 e. The van der Waals surface area contributed by atoms with Crippen LogP contribution in [-0.2, 0) is 15.9 Å². The molecule has 1 aromatic carbocycles. The molecule has 0 bridgehead atoms. The first kappa shape index (κ1) is 12.7. The van der Waals surface area contributed by atoms with Crippen LogP contribution in [0.1, 0.15) is 18.9 Å². The van der Waals surface area contributed by atoms with E-state index in [1.54, 1.807) is 0 Å². The Morgan fingerprint density at radius 1 is 1.32 bits per heavy atom. The third-order valence-corrected chi connectivity index (χ3v) is 3.56. The fourth-order valence-electron chi connectivity index (χ4n) is 2.40. The first-order valence-corrected chi connectivity index (χ1v) is 6.59. The first-order chi connectivity index (χ1) is 9.18. The van der Waals surface area contributed by atoms with Crippen molar-refractivity contribution in [3.05, 3.63) is 23.8 Å². The summed E-state index contributed by atoms with van der Waals surface area (Å²) in [5.74, 6) is 1.10. The summed E-state index contributed by atoms with van der Waals surface area (Å²) in [4.78, 5) is 0.